The lowest BCUT2D eigenvalue weighted by atomic mass is 10.1. The van der Waals surface area contributed by atoms with E-state index in [9.17, 15) is 4.21 Å². The lowest BCUT2D eigenvalue weighted by Gasteiger charge is -2.23. The van der Waals surface area contributed by atoms with Crippen LogP contribution in [0.4, 0.5) is 5.69 Å². The van der Waals surface area contributed by atoms with Crippen LogP contribution in [0, 0.1) is 11.5 Å². The van der Waals surface area contributed by atoms with Crippen LogP contribution in [0.5, 0.6) is 0 Å². The van der Waals surface area contributed by atoms with E-state index in [0.29, 0.717) is 6.54 Å². The molecule has 1 aromatic heterocycles. The molecule has 0 aliphatic carbocycles. The molecule has 138 valence electrons. The van der Waals surface area contributed by atoms with Gasteiger partial charge in [-0.1, -0.05) is 24.3 Å². The van der Waals surface area contributed by atoms with E-state index >= 15 is 0 Å². The van der Waals surface area contributed by atoms with Gasteiger partial charge in [-0.05, 0) is 24.6 Å². The second-order valence-electron chi connectivity index (χ2n) is 7.24. The van der Waals surface area contributed by atoms with Crippen LogP contribution in [-0.4, -0.2) is 50.2 Å². The minimum Gasteiger partial charge on any atom is -0.344 e. The van der Waals surface area contributed by atoms with Crippen molar-refractivity contribution in [2.45, 2.75) is 12.5 Å². The van der Waals surface area contributed by atoms with Crippen LogP contribution < -0.4 is 4.31 Å². The monoisotopic (exact) mass is 379 g/mol. The van der Waals surface area contributed by atoms with E-state index in [1.807, 2.05) is 8.61 Å². The summed E-state index contributed by atoms with van der Waals surface area (Å²) in [5, 5.41) is 11.5. The highest BCUT2D eigenvalue weighted by atomic mass is 32.2. The van der Waals surface area contributed by atoms with Crippen LogP contribution in [-0.2, 0) is 18.2 Å². The maximum Gasteiger partial charge on any atom is 0.199 e. The quantitative estimate of drug-likeness (QED) is 0.643. The van der Waals surface area contributed by atoms with Gasteiger partial charge in [0.15, 0.2) is 17.4 Å². The molecule has 2 atom stereocenters. The van der Waals surface area contributed by atoms with Crippen LogP contribution in [0.1, 0.15) is 6.42 Å². The van der Waals surface area contributed by atoms with Crippen molar-refractivity contribution in [3.8, 4) is 6.19 Å². The summed E-state index contributed by atoms with van der Waals surface area (Å²) in [5.74, 6) is 0. The van der Waals surface area contributed by atoms with Gasteiger partial charge in [0, 0.05) is 55.6 Å². The van der Waals surface area contributed by atoms with Crippen molar-refractivity contribution in [1.82, 2.24) is 13.8 Å². The van der Waals surface area contributed by atoms with Gasteiger partial charge < -0.3 is 9.47 Å². The Morgan fingerprint density at radius 2 is 1.89 bits per heavy atom. The number of para-hydroxylation sites is 1. The molecule has 0 N–H and O–H groups in total. The first-order valence-electron chi connectivity index (χ1n) is 9.25. The summed E-state index contributed by atoms with van der Waals surface area (Å²) in [6, 6.07) is 15.0. The molecule has 2 aromatic carbocycles. The Morgan fingerprint density at radius 1 is 1.07 bits per heavy atom. The van der Waals surface area contributed by atoms with Gasteiger partial charge in [0.2, 0.25) is 0 Å². The van der Waals surface area contributed by atoms with Crippen molar-refractivity contribution < 1.29 is 4.21 Å². The van der Waals surface area contributed by atoms with Gasteiger partial charge in [0.25, 0.3) is 0 Å². The van der Waals surface area contributed by atoms with Crippen LogP contribution in [0.3, 0.4) is 0 Å². The average molecular weight is 379 g/mol. The molecule has 2 unspecified atom stereocenters. The molecule has 0 amide bonds. The van der Waals surface area contributed by atoms with Crippen LogP contribution >= 0.6 is 0 Å². The van der Waals surface area contributed by atoms with E-state index in [4.69, 9.17) is 5.26 Å². The molecule has 0 bridgehead atoms. The molecule has 2 saturated heterocycles. The second-order valence-corrected chi connectivity index (χ2v) is 8.61. The van der Waals surface area contributed by atoms with Gasteiger partial charge in [0.1, 0.15) is 0 Å². The molecule has 2 fully saturated rings. The number of anilines is 1. The number of benzene rings is 2. The first kappa shape index (κ1) is 16.6. The molecule has 27 heavy (non-hydrogen) atoms. The molecule has 2 aliphatic rings. The first-order chi connectivity index (χ1) is 13.2. The molecule has 2 aliphatic heterocycles. The molecule has 0 spiro atoms. The maximum atomic E-state index is 13.1. The fourth-order valence-electron chi connectivity index (χ4n) is 4.37. The molecule has 5 rings (SSSR count). The van der Waals surface area contributed by atoms with E-state index in [1.165, 1.54) is 16.3 Å². The lowest BCUT2D eigenvalue weighted by molar-refractivity contribution is 0.359. The Balaban J connectivity index is 1.47. The molecule has 6 nitrogen and oxygen atoms in total. The van der Waals surface area contributed by atoms with Gasteiger partial charge in [-0.25, -0.2) is 4.21 Å². The van der Waals surface area contributed by atoms with Gasteiger partial charge in [-0.15, -0.1) is 0 Å². The number of nitrogens with zero attached hydrogens (tertiary/aromatic N) is 5. The molecular formula is C20H21N5OS. The fourth-order valence-corrected chi connectivity index (χ4v) is 5.82. The fraction of sp³-hybridized carbons (Fsp3) is 0.350. The SMILES string of the molecule is Cn1c2ccccc2c2ccc(N3CCN(C4CCN(C#N)C4)S3=O)cc21. The zero-order chi connectivity index (χ0) is 18.5. The third-order valence-electron chi connectivity index (χ3n) is 5.81. The van der Waals surface area contributed by atoms with Crippen molar-refractivity contribution in [3.05, 3.63) is 42.5 Å². The Hall–Kier alpha value is -2.56. The Labute approximate surface area is 160 Å². The highest BCUT2D eigenvalue weighted by Crippen LogP contribution is 2.33. The van der Waals surface area contributed by atoms with Gasteiger partial charge in [0.05, 0.1) is 11.2 Å². The van der Waals surface area contributed by atoms with E-state index in [0.717, 1.165) is 37.3 Å². The Bertz CT molecular complexity index is 1100. The van der Waals surface area contributed by atoms with Crippen LogP contribution in [0.2, 0.25) is 0 Å². The smallest absolute Gasteiger partial charge is 0.199 e. The number of fused-ring (bicyclic) bond motifs is 3. The molecule has 0 radical (unpaired) electrons. The van der Waals surface area contributed by atoms with Crippen LogP contribution in [0.15, 0.2) is 42.5 Å². The summed E-state index contributed by atoms with van der Waals surface area (Å²) in [4.78, 5) is 1.76. The lowest BCUT2D eigenvalue weighted by Crippen LogP contribution is -2.37. The third kappa shape index (κ3) is 2.52. The number of rotatable bonds is 2. The summed E-state index contributed by atoms with van der Waals surface area (Å²) < 4.78 is 19.4. The molecule has 3 aromatic rings. The summed E-state index contributed by atoms with van der Waals surface area (Å²) in [7, 11) is 2.08. The van der Waals surface area contributed by atoms with Crippen molar-refractivity contribution in [3.63, 3.8) is 0 Å². The van der Waals surface area contributed by atoms with Crippen molar-refractivity contribution >= 4 is 38.7 Å². The molecule has 0 saturated carbocycles. The second kappa shape index (κ2) is 6.25. The largest absolute Gasteiger partial charge is 0.344 e. The van der Waals surface area contributed by atoms with Crippen LogP contribution in [0.25, 0.3) is 21.8 Å². The normalized spacial score (nSPS) is 23.6. The predicted molar refractivity (Wildman–Crippen MR) is 108 cm³/mol. The topological polar surface area (TPSA) is 55.5 Å². The number of likely N-dealkylation sites (tertiary alicyclic amines) is 1. The number of nitriles is 1. The van der Waals surface area contributed by atoms with E-state index in [2.05, 4.69) is 60.3 Å². The van der Waals surface area contributed by atoms with E-state index in [1.54, 1.807) is 4.90 Å². The minimum absolute atomic E-state index is 0.192. The zero-order valence-corrected chi connectivity index (χ0v) is 16.0. The Morgan fingerprint density at radius 3 is 2.70 bits per heavy atom. The summed E-state index contributed by atoms with van der Waals surface area (Å²) >= 11 is -1.20. The summed E-state index contributed by atoms with van der Waals surface area (Å²) in [6.45, 7) is 2.95. The van der Waals surface area contributed by atoms with Gasteiger partial charge in [-0.3, -0.25) is 4.31 Å². The molecule has 7 heteroatoms. The van der Waals surface area contributed by atoms with Crippen molar-refractivity contribution in [1.29, 1.82) is 5.26 Å². The molecule has 3 heterocycles. The third-order valence-corrected chi connectivity index (χ3v) is 7.46. The number of hydrogen-bond acceptors (Lipinski definition) is 3. The number of aromatic nitrogens is 1. The van der Waals surface area contributed by atoms with Crippen molar-refractivity contribution in [2.24, 2.45) is 7.05 Å². The predicted octanol–water partition coefficient (Wildman–Crippen LogP) is 2.59. The first-order valence-corrected chi connectivity index (χ1v) is 10.3. The van der Waals surface area contributed by atoms with Crippen molar-refractivity contribution in [2.75, 3.05) is 30.5 Å². The van der Waals surface area contributed by atoms with Gasteiger partial charge in [-0.2, -0.15) is 9.57 Å². The maximum absolute atomic E-state index is 13.1. The number of aryl methyl sites for hydroxylation is 1. The minimum atomic E-state index is -1.20. The number of hydrogen-bond donors (Lipinski definition) is 0. The molecular weight excluding hydrogens is 358 g/mol. The standard InChI is InChI=1S/C20H21N5OS/c1-22-19-5-3-2-4-17(19)18-7-6-15(12-20(18)22)24-10-11-25(27(24)26)16-8-9-23(13-16)14-21/h2-7,12,16H,8-11,13H2,1H3. The average Bonchev–Trinajstić information content (AvgIpc) is 3.39. The zero-order valence-electron chi connectivity index (χ0n) is 15.2. The summed E-state index contributed by atoms with van der Waals surface area (Å²) in [6.07, 6.45) is 3.10. The highest BCUT2D eigenvalue weighted by molar-refractivity contribution is 7.84. The Kier molecular flexibility index (Phi) is 3.85. The van der Waals surface area contributed by atoms with E-state index < -0.39 is 11.2 Å². The van der Waals surface area contributed by atoms with E-state index in [-0.39, 0.29) is 6.04 Å². The summed E-state index contributed by atoms with van der Waals surface area (Å²) in [5.41, 5.74) is 3.35. The van der Waals surface area contributed by atoms with Gasteiger partial charge >= 0.3 is 0 Å². The highest BCUT2D eigenvalue weighted by Gasteiger charge is 2.37.